The Morgan fingerprint density at radius 1 is 0.786 bits per heavy atom. The van der Waals surface area contributed by atoms with E-state index in [0.29, 0.717) is 0 Å². The Labute approximate surface area is 172 Å². The van der Waals surface area contributed by atoms with Crippen LogP contribution in [0.15, 0.2) is 60.7 Å². The first-order chi connectivity index (χ1) is 13.7. The van der Waals surface area contributed by atoms with Crippen LogP contribution in [0.4, 0.5) is 0 Å². The Morgan fingerprint density at radius 3 is 2.14 bits per heavy atom. The highest BCUT2D eigenvalue weighted by Gasteiger charge is 2.35. The van der Waals surface area contributed by atoms with Gasteiger partial charge in [-0.1, -0.05) is 72.7 Å². The number of hydrogen-bond donors (Lipinski definition) is 0. The van der Waals surface area contributed by atoms with E-state index in [2.05, 4.69) is 74.5 Å². The third kappa shape index (κ3) is 4.59. The molecule has 0 spiro atoms. The highest BCUT2D eigenvalue weighted by Crippen LogP contribution is 2.48. The Bertz CT molecular complexity index is 765. The van der Waals surface area contributed by atoms with Crippen molar-refractivity contribution in [3.05, 3.63) is 71.8 Å². The number of hydrogen-bond acceptors (Lipinski definition) is 0. The summed E-state index contributed by atoms with van der Waals surface area (Å²) in [4.78, 5) is 0. The molecule has 0 heterocycles. The second kappa shape index (κ2) is 9.12. The summed E-state index contributed by atoms with van der Waals surface area (Å²) in [6.45, 7) is 4.30. The summed E-state index contributed by atoms with van der Waals surface area (Å²) in [7, 11) is 0. The van der Waals surface area contributed by atoms with E-state index in [1.165, 1.54) is 68.1 Å². The lowest BCUT2D eigenvalue weighted by molar-refractivity contribution is 0.115. The van der Waals surface area contributed by atoms with Crippen molar-refractivity contribution in [1.82, 2.24) is 0 Å². The van der Waals surface area contributed by atoms with Crippen LogP contribution in [-0.4, -0.2) is 0 Å². The lowest BCUT2D eigenvalue weighted by atomic mass is 9.63. The van der Waals surface area contributed by atoms with Crippen molar-refractivity contribution in [2.24, 2.45) is 17.8 Å². The highest BCUT2D eigenvalue weighted by molar-refractivity contribution is 5.64. The van der Waals surface area contributed by atoms with Gasteiger partial charge >= 0.3 is 0 Å². The van der Waals surface area contributed by atoms with E-state index in [4.69, 9.17) is 0 Å². The third-order valence-electron chi connectivity index (χ3n) is 7.47. The molecule has 2 aliphatic carbocycles. The topological polar surface area (TPSA) is 0 Å². The Balaban J connectivity index is 1.35. The van der Waals surface area contributed by atoms with Crippen molar-refractivity contribution in [3.8, 4) is 11.1 Å². The van der Waals surface area contributed by atoms with Crippen LogP contribution in [0.3, 0.4) is 0 Å². The van der Waals surface area contributed by atoms with E-state index in [1.807, 2.05) is 0 Å². The molecule has 0 aromatic heterocycles. The van der Waals surface area contributed by atoms with Gasteiger partial charge in [0.2, 0.25) is 0 Å². The molecule has 2 fully saturated rings. The van der Waals surface area contributed by atoms with Crippen LogP contribution in [0.2, 0.25) is 0 Å². The monoisotopic (exact) mass is 372 g/mol. The second-order valence-electron chi connectivity index (χ2n) is 9.34. The summed E-state index contributed by atoms with van der Waals surface area (Å²) >= 11 is 0. The van der Waals surface area contributed by atoms with Crippen LogP contribution in [0, 0.1) is 24.7 Å². The van der Waals surface area contributed by atoms with Gasteiger partial charge in [0, 0.05) is 0 Å². The quantitative estimate of drug-likeness (QED) is 0.463. The van der Waals surface area contributed by atoms with Gasteiger partial charge in [-0.3, -0.25) is 0 Å². The zero-order valence-electron chi connectivity index (χ0n) is 17.7. The van der Waals surface area contributed by atoms with Crippen LogP contribution >= 0.6 is 0 Å². The Hall–Kier alpha value is -1.82. The molecule has 28 heavy (non-hydrogen) atoms. The van der Waals surface area contributed by atoms with Gasteiger partial charge in [-0.15, -0.1) is 0 Å². The van der Waals surface area contributed by atoms with Crippen LogP contribution in [-0.2, 0) is 0 Å². The summed E-state index contributed by atoms with van der Waals surface area (Å²) in [5.41, 5.74) is 5.58. The van der Waals surface area contributed by atoms with Gasteiger partial charge in [0.1, 0.15) is 0 Å². The lowest BCUT2D eigenvalue weighted by Crippen LogP contribution is -2.30. The largest absolute Gasteiger partial charge is 0.0917 e. The first-order valence-electron chi connectivity index (χ1n) is 11.5. The van der Waals surface area contributed by atoms with Crippen LogP contribution in [0.5, 0.6) is 0 Å². The van der Waals surface area contributed by atoms with Gasteiger partial charge in [0.05, 0.1) is 0 Å². The second-order valence-corrected chi connectivity index (χ2v) is 9.34. The van der Waals surface area contributed by atoms with Gasteiger partial charge in [-0.2, -0.15) is 0 Å². The van der Waals surface area contributed by atoms with Crippen LogP contribution < -0.4 is 0 Å². The molecule has 2 aromatic rings. The first kappa shape index (κ1) is 19.5. The lowest BCUT2D eigenvalue weighted by Gasteiger charge is -2.42. The molecule has 0 radical (unpaired) electrons. The van der Waals surface area contributed by atoms with Crippen molar-refractivity contribution >= 4 is 0 Å². The smallest absolute Gasteiger partial charge is 0.0159 e. The molecule has 0 heteroatoms. The van der Waals surface area contributed by atoms with Crippen molar-refractivity contribution in [3.63, 3.8) is 0 Å². The Morgan fingerprint density at radius 2 is 1.43 bits per heavy atom. The van der Waals surface area contributed by atoms with Gasteiger partial charge in [0.25, 0.3) is 0 Å². The molecule has 2 saturated carbocycles. The van der Waals surface area contributed by atoms with Gasteiger partial charge < -0.3 is 0 Å². The predicted molar refractivity (Wildman–Crippen MR) is 122 cm³/mol. The third-order valence-corrected chi connectivity index (χ3v) is 7.47. The van der Waals surface area contributed by atoms with Crippen molar-refractivity contribution in [1.29, 1.82) is 0 Å². The van der Waals surface area contributed by atoms with Crippen molar-refractivity contribution in [2.75, 3.05) is 0 Å². The summed E-state index contributed by atoms with van der Waals surface area (Å²) in [5.74, 6) is 3.76. The van der Waals surface area contributed by atoms with E-state index < -0.39 is 0 Å². The molecule has 2 aliphatic rings. The number of fused-ring (bicyclic) bond motifs is 1. The fourth-order valence-corrected chi connectivity index (χ4v) is 5.74. The minimum atomic E-state index is 0.785. The van der Waals surface area contributed by atoms with Crippen molar-refractivity contribution in [2.45, 2.75) is 71.1 Å². The summed E-state index contributed by atoms with van der Waals surface area (Å²) in [6.07, 6.45) is 16.0. The molecular weight excluding hydrogens is 336 g/mol. The first-order valence-corrected chi connectivity index (χ1v) is 11.5. The average molecular weight is 373 g/mol. The van der Waals surface area contributed by atoms with E-state index in [0.717, 1.165) is 23.7 Å². The van der Waals surface area contributed by atoms with E-state index in [-0.39, 0.29) is 0 Å². The Kier molecular flexibility index (Phi) is 6.35. The molecule has 4 unspecified atom stereocenters. The molecule has 4 atom stereocenters. The van der Waals surface area contributed by atoms with Gasteiger partial charge in [-0.05, 0) is 99.2 Å². The molecule has 148 valence electrons. The number of allylic oxidation sites excluding steroid dienone is 2. The normalized spacial score (nSPS) is 27.6. The summed E-state index contributed by atoms with van der Waals surface area (Å²) in [6, 6.07) is 18.4. The van der Waals surface area contributed by atoms with Gasteiger partial charge in [0.15, 0.2) is 0 Å². The maximum absolute atomic E-state index is 2.41. The fraction of sp³-hybridized carbons (Fsp3) is 0.500. The number of benzene rings is 2. The standard InChI is InChI=1S/C28H36/c1-3-4-5-6-22-9-12-28-20-27(18-17-26(28)19-22)25-15-13-24(14-16-25)23-10-7-21(2)8-11-23/h3-4,7-8,10-11,13-16,22,26-28H,5-6,9,12,17-20H2,1-2H3/b4-3+. The van der Waals surface area contributed by atoms with Crippen LogP contribution in [0.25, 0.3) is 11.1 Å². The summed E-state index contributed by atoms with van der Waals surface area (Å²) in [5, 5.41) is 0. The molecule has 0 N–H and O–H groups in total. The SMILES string of the molecule is C/C=C/CCC1CCC2CC(c3ccc(-c4ccc(C)cc4)cc3)CCC2C1. The minimum absolute atomic E-state index is 0.785. The molecule has 0 nitrogen and oxygen atoms in total. The molecule has 0 bridgehead atoms. The maximum atomic E-state index is 2.41. The van der Waals surface area contributed by atoms with E-state index in [1.54, 1.807) is 5.56 Å². The average Bonchev–Trinajstić information content (AvgIpc) is 2.74. The van der Waals surface area contributed by atoms with Crippen molar-refractivity contribution < 1.29 is 0 Å². The number of aryl methyl sites for hydroxylation is 1. The van der Waals surface area contributed by atoms with E-state index >= 15 is 0 Å². The summed E-state index contributed by atoms with van der Waals surface area (Å²) < 4.78 is 0. The fourth-order valence-electron chi connectivity index (χ4n) is 5.74. The zero-order chi connectivity index (χ0) is 19.3. The highest BCUT2D eigenvalue weighted by atomic mass is 14.4. The minimum Gasteiger partial charge on any atom is -0.0917 e. The van der Waals surface area contributed by atoms with Crippen LogP contribution in [0.1, 0.15) is 75.3 Å². The molecule has 0 amide bonds. The van der Waals surface area contributed by atoms with E-state index in [9.17, 15) is 0 Å². The maximum Gasteiger partial charge on any atom is -0.0159 e. The van der Waals surface area contributed by atoms with Gasteiger partial charge in [-0.25, -0.2) is 0 Å². The molecule has 2 aromatic carbocycles. The zero-order valence-corrected chi connectivity index (χ0v) is 17.7. The molecular formula is C28H36. The molecule has 0 aliphatic heterocycles. The predicted octanol–water partition coefficient (Wildman–Crippen LogP) is 8.32. The number of rotatable bonds is 5. The molecule has 0 saturated heterocycles. The molecule has 4 rings (SSSR count).